The first-order valence-electron chi connectivity index (χ1n) is 4.32. The number of anilines is 1. The molecule has 0 amide bonds. The van der Waals surface area contributed by atoms with Crippen LogP contribution < -0.4 is 5.73 Å². The molecule has 76 valence electrons. The summed E-state index contributed by atoms with van der Waals surface area (Å²) < 4.78 is 0. The molecule has 0 saturated heterocycles. The highest BCUT2D eigenvalue weighted by molar-refractivity contribution is 6.35. The molecule has 2 rings (SSSR count). The molecule has 4 heteroatoms. The highest BCUT2D eigenvalue weighted by atomic mass is 35.5. The Morgan fingerprint density at radius 1 is 0.867 bits per heavy atom. The number of nitrogens with zero attached hydrogens (tertiary/aromatic N) is 1. The van der Waals surface area contributed by atoms with E-state index in [-0.39, 0.29) is 0 Å². The monoisotopic (exact) mass is 238 g/mol. The summed E-state index contributed by atoms with van der Waals surface area (Å²) in [4.78, 5) is 4.01. The summed E-state index contributed by atoms with van der Waals surface area (Å²) in [6, 6.07) is 7.16. The third-order valence-electron chi connectivity index (χ3n) is 1.96. The van der Waals surface area contributed by atoms with Gasteiger partial charge in [0.25, 0.3) is 0 Å². The number of halogens is 2. The topological polar surface area (TPSA) is 38.9 Å². The summed E-state index contributed by atoms with van der Waals surface area (Å²) in [6.07, 6.45) is 3.31. The zero-order valence-corrected chi connectivity index (χ0v) is 9.26. The van der Waals surface area contributed by atoms with E-state index in [1.807, 2.05) is 18.2 Å². The Balaban J connectivity index is 2.54. The van der Waals surface area contributed by atoms with Gasteiger partial charge in [0.1, 0.15) is 0 Å². The normalized spacial score (nSPS) is 10.3. The first kappa shape index (κ1) is 10.3. The number of aromatic nitrogens is 1. The van der Waals surface area contributed by atoms with E-state index in [2.05, 4.69) is 4.98 Å². The summed E-state index contributed by atoms with van der Waals surface area (Å²) >= 11 is 11.8. The van der Waals surface area contributed by atoms with E-state index in [1.165, 1.54) is 0 Å². The second-order valence-corrected chi connectivity index (χ2v) is 4.04. The standard InChI is InChI=1S/C11H8Cl2N2/c12-9-1-7(2-10(13)4-9)8-3-11(14)6-15-5-8/h1-6H,14H2. The van der Waals surface area contributed by atoms with Crippen molar-refractivity contribution in [1.82, 2.24) is 4.98 Å². The average molecular weight is 239 g/mol. The van der Waals surface area contributed by atoms with Gasteiger partial charge in [-0.1, -0.05) is 23.2 Å². The molecule has 0 aliphatic rings. The highest BCUT2D eigenvalue weighted by Gasteiger charge is 2.01. The van der Waals surface area contributed by atoms with Gasteiger partial charge in [-0.3, -0.25) is 4.98 Å². The molecule has 0 aliphatic carbocycles. The molecule has 0 unspecified atom stereocenters. The van der Waals surface area contributed by atoms with Crippen molar-refractivity contribution in [2.24, 2.45) is 0 Å². The van der Waals surface area contributed by atoms with Crippen LogP contribution in [0.2, 0.25) is 10.0 Å². The van der Waals surface area contributed by atoms with Crippen LogP contribution in [0.4, 0.5) is 5.69 Å². The van der Waals surface area contributed by atoms with Gasteiger partial charge in [0.05, 0.1) is 5.69 Å². The second-order valence-electron chi connectivity index (χ2n) is 3.17. The SMILES string of the molecule is Nc1cncc(-c2cc(Cl)cc(Cl)c2)c1. The lowest BCUT2D eigenvalue weighted by atomic mass is 10.1. The van der Waals surface area contributed by atoms with Gasteiger partial charge in [-0.05, 0) is 29.8 Å². The largest absolute Gasteiger partial charge is 0.397 e. The number of rotatable bonds is 1. The first-order chi connectivity index (χ1) is 7.15. The van der Waals surface area contributed by atoms with Crippen molar-refractivity contribution in [2.45, 2.75) is 0 Å². The van der Waals surface area contributed by atoms with Crippen LogP contribution in [-0.2, 0) is 0 Å². The molecular weight excluding hydrogens is 231 g/mol. The summed E-state index contributed by atoms with van der Waals surface area (Å²) in [5.74, 6) is 0. The van der Waals surface area contributed by atoms with E-state index in [9.17, 15) is 0 Å². The van der Waals surface area contributed by atoms with E-state index >= 15 is 0 Å². The maximum absolute atomic E-state index is 5.90. The molecule has 0 saturated carbocycles. The molecule has 0 fully saturated rings. The van der Waals surface area contributed by atoms with Crippen molar-refractivity contribution in [3.8, 4) is 11.1 Å². The van der Waals surface area contributed by atoms with Crippen LogP contribution in [0.15, 0.2) is 36.7 Å². The lowest BCUT2D eigenvalue weighted by Crippen LogP contribution is -1.87. The third-order valence-corrected chi connectivity index (χ3v) is 2.39. The average Bonchev–Trinajstić information content (AvgIpc) is 2.16. The predicted octanol–water partition coefficient (Wildman–Crippen LogP) is 3.64. The van der Waals surface area contributed by atoms with Crippen molar-refractivity contribution in [2.75, 3.05) is 5.73 Å². The summed E-state index contributed by atoms with van der Waals surface area (Å²) in [6.45, 7) is 0. The quantitative estimate of drug-likeness (QED) is 0.825. The minimum atomic E-state index is 0.597. The number of pyridine rings is 1. The van der Waals surface area contributed by atoms with E-state index in [4.69, 9.17) is 28.9 Å². The van der Waals surface area contributed by atoms with Gasteiger partial charge in [0.2, 0.25) is 0 Å². The Morgan fingerprint density at radius 2 is 1.53 bits per heavy atom. The molecule has 1 heterocycles. The molecule has 2 aromatic rings. The van der Waals surface area contributed by atoms with Crippen LogP contribution in [0.1, 0.15) is 0 Å². The maximum atomic E-state index is 5.90. The molecule has 1 aromatic carbocycles. The van der Waals surface area contributed by atoms with Crippen molar-refractivity contribution >= 4 is 28.9 Å². The lowest BCUT2D eigenvalue weighted by molar-refractivity contribution is 1.33. The maximum Gasteiger partial charge on any atom is 0.0506 e. The summed E-state index contributed by atoms with van der Waals surface area (Å²) in [7, 11) is 0. The van der Waals surface area contributed by atoms with Crippen LogP contribution >= 0.6 is 23.2 Å². The van der Waals surface area contributed by atoms with Crippen molar-refractivity contribution in [3.63, 3.8) is 0 Å². The zero-order valence-electron chi connectivity index (χ0n) is 7.74. The first-order valence-corrected chi connectivity index (χ1v) is 5.08. The molecule has 0 radical (unpaired) electrons. The number of hydrogen-bond donors (Lipinski definition) is 1. The molecule has 0 bridgehead atoms. The smallest absolute Gasteiger partial charge is 0.0506 e. The number of benzene rings is 1. The van der Waals surface area contributed by atoms with E-state index in [0.717, 1.165) is 11.1 Å². The Bertz CT molecular complexity index is 477. The number of nitrogen functional groups attached to an aromatic ring is 1. The minimum Gasteiger partial charge on any atom is -0.397 e. The molecular formula is C11H8Cl2N2. The molecule has 1 aromatic heterocycles. The highest BCUT2D eigenvalue weighted by Crippen LogP contribution is 2.27. The van der Waals surface area contributed by atoms with Gasteiger partial charge >= 0.3 is 0 Å². The molecule has 2 N–H and O–H groups in total. The number of hydrogen-bond acceptors (Lipinski definition) is 2. The van der Waals surface area contributed by atoms with Gasteiger partial charge in [0.15, 0.2) is 0 Å². The van der Waals surface area contributed by atoms with E-state index in [1.54, 1.807) is 18.5 Å². The van der Waals surface area contributed by atoms with Crippen LogP contribution in [0.5, 0.6) is 0 Å². The molecule has 15 heavy (non-hydrogen) atoms. The van der Waals surface area contributed by atoms with Crippen molar-refractivity contribution in [3.05, 3.63) is 46.7 Å². The molecule has 0 spiro atoms. The Hall–Kier alpha value is -1.25. The molecule has 0 atom stereocenters. The number of nitrogens with two attached hydrogens (primary N) is 1. The third kappa shape index (κ3) is 2.41. The fraction of sp³-hybridized carbons (Fsp3) is 0. The zero-order chi connectivity index (χ0) is 10.8. The van der Waals surface area contributed by atoms with Gasteiger partial charge in [-0.25, -0.2) is 0 Å². The Morgan fingerprint density at radius 3 is 2.13 bits per heavy atom. The van der Waals surface area contributed by atoms with Gasteiger partial charge in [-0.15, -0.1) is 0 Å². The predicted molar refractivity (Wildman–Crippen MR) is 64.1 cm³/mol. The van der Waals surface area contributed by atoms with Gasteiger partial charge < -0.3 is 5.73 Å². The van der Waals surface area contributed by atoms with Crippen LogP contribution in [0.25, 0.3) is 11.1 Å². The fourth-order valence-electron chi connectivity index (χ4n) is 1.34. The van der Waals surface area contributed by atoms with Crippen LogP contribution in [-0.4, -0.2) is 4.98 Å². The van der Waals surface area contributed by atoms with Gasteiger partial charge in [-0.2, -0.15) is 0 Å². The van der Waals surface area contributed by atoms with E-state index in [0.29, 0.717) is 15.7 Å². The molecule has 0 aliphatic heterocycles. The van der Waals surface area contributed by atoms with E-state index < -0.39 is 0 Å². The second kappa shape index (κ2) is 4.09. The lowest BCUT2D eigenvalue weighted by Gasteiger charge is -2.03. The summed E-state index contributed by atoms with van der Waals surface area (Å²) in [5, 5.41) is 1.19. The Kier molecular flexibility index (Phi) is 2.80. The summed E-state index contributed by atoms with van der Waals surface area (Å²) in [5.41, 5.74) is 8.07. The molecule has 2 nitrogen and oxygen atoms in total. The van der Waals surface area contributed by atoms with Gasteiger partial charge in [0, 0.05) is 28.0 Å². The van der Waals surface area contributed by atoms with Crippen LogP contribution in [0.3, 0.4) is 0 Å². The van der Waals surface area contributed by atoms with Crippen molar-refractivity contribution in [1.29, 1.82) is 0 Å². The van der Waals surface area contributed by atoms with Crippen LogP contribution in [0, 0.1) is 0 Å². The fourth-order valence-corrected chi connectivity index (χ4v) is 1.86. The van der Waals surface area contributed by atoms with Crippen molar-refractivity contribution < 1.29 is 0 Å². The Labute approximate surface area is 97.7 Å². The minimum absolute atomic E-state index is 0.597.